The fourth-order valence-corrected chi connectivity index (χ4v) is 5.24. The van der Waals surface area contributed by atoms with Crippen molar-refractivity contribution >= 4 is 10.0 Å². The third-order valence-electron chi connectivity index (χ3n) is 4.96. The molecule has 0 N–H and O–H groups in total. The molecule has 1 aliphatic rings. The largest absolute Gasteiger partial charge is 0.497 e. The molecule has 0 saturated carbocycles. The Hall–Kier alpha value is -2.45. The van der Waals surface area contributed by atoms with Crippen LogP contribution in [0.25, 0.3) is 0 Å². The molecule has 1 fully saturated rings. The van der Waals surface area contributed by atoms with Crippen molar-refractivity contribution < 1.29 is 27.4 Å². The number of nitrogens with zero attached hydrogens (tertiary/aromatic N) is 1. The van der Waals surface area contributed by atoms with Gasteiger partial charge in [0.25, 0.3) is 0 Å². The van der Waals surface area contributed by atoms with Crippen molar-refractivity contribution in [3.05, 3.63) is 42.0 Å². The summed E-state index contributed by atoms with van der Waals surface area (Å²) >= 11 is 0. The third kappa shape index (κ3) is 3.62. The Balaban J connectivity index is 2.03. The summed E-state index contributed by atoms with van der Waals surface area (Å²) in [6.07, 6.45) is 1.47. The molecule has 0 spiro atoms. The second kappa shape index (κ2) is 8.28. The van der Waals surface area contributed by atoms with E-state index in [0.29, 0.717) is 36.0 Å². The van der Waals surface area contributed by atoms with Gasteiger partial charge in [-0.2, -0.15) is 4.31 Å². The normalized spacial score (nSPS) is 17.4. The summed E-state index contributed by atoms with van der Waals surface area (Å²) in [5.74, 6) is 2.15. The average Bonchev–Trinajstić information content (AvgIpc) is 3.23. The maximum absolute atomic E-state index is 13.4. The Morgan fingerprint density at radius 1 is 0.857 bits per heavy atom. The average molecular weight is 407 g/mol. The second-order valence-electron chi connectivity index (χ2n) is 6.40. The van der Waals surface area contributed by atoms with E-state index in [0.717, 1.165) is 12.0 Å². The van der Waals surface area contributed by atoms with Crippen LogP contribution >= 0.6 is 0 Å². The Morgan fingerprint density at radius 2 is 1.54 bits per heavy atom. The summed E-state index contributed by atoms with van der Waals surface area (Å²) in [5, 5.41) is 0. The molecule has 0 bridgehead atoms. The molecule has 3 rings (SSSR count). The number of ether oxygens (including phenoxy) is 4. The van der Waals surface area contributed by atoms with Crippen molar-refractivity contribution in [1.82, 2.24) is 4.31 Å². The highest BCUT2D eigenvalue weighted by Crippen LogP contribution is 2.42. The van der Waals surface area contributed by atoms with Crippen molar-refractivity contribution in [1.29, 1.82) is 0 Å². The van der Waals surface area contributed by atoms with Crippen molar-refractivity contribution in [3.8, 4) is 23.0 Å². The first-order valence-corrected chi connectivity index (χ1v) is 10.4. The maximum Gasteiger partial charge on any atom is 0.243 e. The smallest absolute Gasteiger partial charge is 0.243 e. The van der Waals surface area contributed by atoms with Gasteiger partial charge in [-0.3, -0.25) is 0 Å². The first-order valence-electron chi connectivity index (χ1n) is 8.92. The number of methoxy groups -OCH3 is 4. The minimum absolute atomic E-state index is 0.166. The Bertz CT molecular complexity index is 944. The highest BCUT2D eigenvalue weighted by Gasteiger charge is 2.38. The van der Waals surface area contributed by atoms with E-state index in [4.69, 9.17) is 18.9 Å². The topological polar surface area (TPSA) is 74.3 Å². The lowest BCUT2D eigenvalue weighted by Crippen LogP contribution is -2.31. The SMILES string of the molecule is COc1ccc(OC)c(C2CCCN2S(=O)(=O)c2ccc(OC)c(OC)c2)c1. The highest BCUT2D eigenvalue weighted by molar-refractivity contribution is 7.89. The van der Waals surface area contributed by atoms with Crippen LogP contribution in [0.5, 0.6) is 23.0 Å². The molecule has 7 nitrogen and oxygen atoms in total. The minimum Gasteiger partial charge on any atom is -0.497 e. The van der Waals surface area contributed by atoms with Gasteiger partial charge in [-0.1, -0.05) is 0 Å². The molecule has 0 aromatic heterocycles. The van der Waals surface area contributed by atoms with E-state index in [1.54, 1.807) is 32.4 Å². The molecule has 8 heteroatoms. The van der Waals surface area contributed by atoms with Gasteiger partial charge in [0.2, 0.25) is 10.0 Å². The molecular formula is C20H25NO6S. The Kier molecular flexibility index (Phi) is 6.00. The summed E-state index contributed by atoms with van der Waals surface area (Å²) in [5.41, 5.74) is 0.795. The summed E-state index contributed by atoms with van der Waals surface area (Å²) in [6.45, 7) is 0.432. The third-order valence-corrected chi connectivity index (χ3v) is 6.87. The zero-order valence-electron chi connectivity index (χ0n) is 16.5. The van der Waals surface area contributed by atoms with Crippen LogP contribution in [-0.4, -0.2) is 47.7 Å². The number of rotatable bonds is 7. The Labute approximate surface area is 165 Å². The lowest BCUT2D eigenvalue weighted by atomic mass is 10.0. The van der Waals surface area contributed by atoms with Gasteiger partial charge in [-0.15, -0.1) is 0 Å². The summed E-state index contributed by atoms with van der Waals surface area (Å²) < 4.78 is 49.6. The van der Waals surface area contributed by atoms with Crippen LogP contribution in [0.3, 0.4) is 0 Å². The lowest BCUT2D eigenvalue weighted by molar-refractivity contribution is 0.352. The van der Waals surface area contributed by atoms with E-state index >= 15 is 0 Å². The van der Waals surface area contributed by atoms with E-state index in [9.17, 15) is 8.42 Å². The monoisotopic (exact) mass is 407 g/mol. The molecule has 0 radical (unpaired) electrons. The molecule has 152 valence electrons. The summed E-state index contributed by atoms with van der Waals surface area (Å²) in [7, 11) is 2.41. The van der Waals surface area contributed by atoms with Crippen molar-refractivity contribution in [2.45, 2.75) is 23.8 Å². The first-order chi connectivity index (χ1) is 13.5. The quantitative estimate of drug-likeness (QED) is 0.701. The highest BCUT2D eigenvalue weighted by atomic mass is 32.2. The van der Waals surface area contributed by atoms with Gasteiger partial charge >= 0.3 is 0 Å². The van der Waals surface area contributed by atoms with Gasteiger partial charge in [0, 0.05) is 18.2 Å². The molecule has 1 atom stereocenters. The van der Waals surface area contributed by atoms with Crippen LogP contribution in [0.2, 0.25) is 0 Å². The Morgan fingerprint density at radius 3 is 2.18 bits per heavy atom. The van der Waals surface area contributed by atoms with Crippen LogP contribution in [0, 0.1) is 0 Å². The lowest BCUT2D eigenvalue weighted by Gasteiger charge is -2.26. The van der Waals surface area contributed by atoms with Gasteiger partial charge in [0.05, 0.1) is 39.4 Å². The first kappa shape index (κ1) is 20.3. The van der Waals surface area contributed by atoms with Gasteiger partial charge in [0.15, 0.2) is 11.5 Å². The standard InChI is InChI=1S/C20H25NO6S/c1-24-14-7-9-18(25-2)16(12-14)17-6-5-11-21(17)28(22,23)15-8-10-19(26-3)20(13-15)27-4/h7-10,12-13,17H,5-6,11H2,1-4H3. The van der Waals surface area contributed by atoms with E-state index in [-0.39, 0.29) is 10.9 Å². The number of benzene rings is 2. The van der Waals surface area contributed by atoms with E-state index in [1.807, 2.05) is 6.07 Å². The molecule has 0 aliphatic carbocycles. The van der Waals surface area contributed by atoms with Crippen LogP contribution in [0.4, 0.5) is 0 Å². The summed E-state index contributed by atoms with van der Waals surface area (Å²) in [6, 6.07) is 9.73. The molecular weight excluding hydrogens is 382 g/mol. The fourth-order valence-electron chi connectivity index (χ4n) is 3.55. The second-order valence-corrected chi connectivity index (χ2v) is 8.29. The van der Waals surface area contributed by atoms with Crippen LogP contribution in [0.15, 0.2) is 41.3 Å². The molecule has 2 aromatic rings. The van der Waals surface area contributed by atoms with E-state index < -0.39 is 10.0 Å². The molecule has 1 saturated heterocycles. The molecule has 28 heavy (non-hydrogen) atoms. The molecule has 1 aliphatic heterocycles. The van der Waals surface area contributed by atoms with Gasteiger partial charge in [-0.25, -0.2) is 8.42 Å². The molecule has 0 amide bonds. The number of sulfonamides is 1. The van der Waals surface area contributed by atoms with Crippen LogP contribution in [0.1, 0.15) is 24.4 Å². The zero-order valence-corrected chi connectivity index (χ0v) is 17.3. The van der Waals surface area contributed by atoms with Crippen molar-refractivity contribution in [3.63, 3.8) is 0 Å². The molecule has 2 aromatic carbocycles. The van der Waals surface area contributed by atoms with Crippen LogP contribution < -0.4 is 18.9 Å². The number of hydrogen-bond acceptors (Lipinski definition) is 6. The predicted octanol–water partition coefficient (Wildman–Crippen LogP) is 3.25. The molecule has 1 unspecified atom stereocenters. The van der Waals surface area contributed by atoms with Gasteiger partial charge in [-0.05, 0) is 43.2 Å². The fraction of sp³-hybridized carbons (Fsp3) is 0.400. The molecule has 1 heterocycles. The zero-order chi connectivity index (χ0) is 20.3. The predicted molar refractivity (Wildman–Crippen MR) is 105 cm³/mol. The number of hydrogen-bond donors (Lipinski definition) is 0. The van der Waals surface area contributed by atoms with E-state index in [2.05, 4.69) is 0 Å². The summed E-state index contributed by atoms with van der Waals surface area (Å²) in [4.78, 5) is 0.166. The minimum atomic E-state index is -3.74. The maximum atomic E-state index is 13.4. The van der Waals surface area contributed by atoms with Gasteiger partial charge in [0.1, 0.15) is 11.5 Å². The van der Waals surface area contributed by atoms with Crippen molar-refractivity contribution in [2.75, 3.05) is 35.0 Å². The van der Waals surface area contributed by atoms with Crippen LogP contribution in [-0.2, 0) is 10.0 Å². The van der Waals surface area contributed by atoms with Gasteiger partial charge < -0.3 is 18.9 Å². The van der Waals surface area contributed by atoms with Crippen molar-refractivity contribution in [2.24, 2.45) is 0 Å². The van der Waals surface area contributed by atoms with E-state index in [1.165, 1.54) is 30.7 Å².